The van der Waals surface area contributed by atoms with Crippen LogP contribution in [0.3, 0.4) is 0 Å². The molecule has 12 heteroatoms. The van der Waals surface area contributed by atoms with E-state index in [1.807, 2.05) is 0 Å². The number of phosphoric acid groups is 1. The molecule has 312 valence electrons. The van der Waals surface area contributed by atoms with Crippen molar-refractivity contribution in [2.24, 2.45) is 0 Å². The molecular weight excluding hydrogens is 709 g/mol. The van der Waals surface area contributed by atoms with Crippen molar-refractivity contribution in [3.05, 3.63) is 29.8 Å². The Morgan fingerprint density at radius 1 is 0.611 bits per heavy atom. The van der Waals surface area contributed by atoms with Crippen molar-refractivity contribution in [2.75, 3.05) is 26.4 Å². The van der Waals surface area contributed by atoms with Crippen LogP contribution in [0.4, 0.5) is 0 Å². The van der Waals surface area contributed by atoms with E-state index in [0.29, 0.717) is 6.61 Å². The lowest BCUT2D eigenvalue weighted by molar-refractivity contribution is -0.147. The summed E-state index contributed by atoms with van der Waals surface area (Å²) in [5, 5.41) is 2.70. The number of carbonyl (C=O) groups is 3. The van der Waals surface area contributed by atoms with E-state index in [0.717, 1.165) is 44.9 Å². The van der Waals surface area contributed by atoms with Gasteiger partial charge < -0.3 is 29.3 Å². The maximum atomic E-state index is 13.3. The number of unbranched alkanes of at least 4 members (excludes halogenated alkanes) is 22. The number of nitrogens with one attached hydrogen (secondary N) is 1. The number of para-hydroxylation sites is 1. The molecule has 0 fully saturated rings. The van der Waals surface area contributed by atoms with Crippen LogP contribution < -0.4 is 10.1 Å². The van der Waals surface area contributed by atoms with E-state index >= 15 is 0 Å². The van der Waals surface area contributed by atoms with Gasteiger partial charge in [-0.25, -0.2) is 9.36 Å². The van der Waals surface area contributed by atoms with Crippen LogP contribution in [0.5, 0.6) is 5.75 Å². The van der Waals surface area contributed by atoms with Crippen LogP contribution in [-0.2, 0) is 28.2 Å². The smallest absolute Gasteiger partial charge is 0.469 e. The van der Waals surface area contributed by atoms with Crippen molar-refractivity contribution in [1.82, 2.24) is 5.32 Å². The molecule has 0 radical (unpaired) electrons. The molecule has 11 nitrogen and oxygen atoms in total. The molecular formula is C42H74NO10P. The second-order valence-corrected chi connectivity index (χ2v) is 15.6. The number of rotatable bonds is 37. The van der Waals surface area contributed by atoms with Crippen LogP contribution in [-0.4, -0.2) is 60.1 Å². The second-order valence-electron chi connectivity index (χ2n) is 14.4. The predicted octanol–water partition coefficient (Wildman–Crippen LogP) is 10.5. The van der Waals surface area contributed by atoms with Gasteiger partial charge in [0.1, 0.15) is 18.4 Å². The normalized spacial score (nSPS) is 12.0. The van der Waals surface area contributed by atoms with E-state index in [1.54, 1.807) is 12.1 Å². The summed E-state index contributed by atoms with van der Waals surface area (Å²) >= 11 is 0. The third-order valence-corrected chi connectivity index (χ3v) is 9.98. The summed E-state index contributed by atoms with van der Waals surface area (Å²) in [6, 6.07) is 5.22. The zero-order chi connectivity index (χ0) is 39.5. The summed E-state index contributed by atoms with van der Waals surface area (Å²) in [6.45, 7) is 4.42. The first-order valence-corrected chi connectivity index (χ1v) is 22.8. The van der Waals surface area contributed by atoms with Crippen molar-refractivity contribution in [3.63, 3.8) is 0 Å². The molecule has 0 aliphatic rings. The van der Waals surface area contributed by atoms with Gasteiger partial charge in [-0.3, -0.25) is 14.1 Å². The fourth-order valence-electron chi connectivity index (χ4n) is 6.25. The number of benzene rings is 1. The van der Waals surface area contributed by atoms with Gasteiger partial charge in [0.2, 0.25) is 0 Å². The maximum absolute atomic E-state index is 13.3. The van der Waals surface area contributed by atoms with Crippen molar-refractivity contribution < 1.29 is 47.5 Å². The standard InChI is InChI=1S/C42H74NO10P/c1-3-5-7-9-11-13-15-17-19-21-23-27-33-51-40(44)32-31-38(42(46)52-34-28-24-22-20-18-16-14-12-10-8-6-4-2)43-41(45)37-29-25-26-30-39(37)50-35-36-53-54(47,48)49/h25-26,29-30,38H,3-24,27-28,31-36H2,1-2H3,(H,43,45)(H2,47,48,49). The van der Waals surface area contributed by atoms with Crippen LogP contribution in [0, 0.1) is 0 Å². The highest BCUT2D eigenvalue weighted by Crippen LogP contribution is 2.35. The van der Waals surface area contributed by atoms with Crippen molar-refractivity contribution in [3.8, 4) is 5.75 Å². The average molecular weight is 784 g/mol. The molecule has 1 aromatic rings. The van der Waals surface area contributed by atoms with Crippen LogP contribution >= 0.6 is 7.82 Å². The summed E-state index contributed by atoms with van der Waals surface area (Å²) in [7, 11) is -4.66. The topological polar surface area (TPSA) is 158 Å². The zero-order valence-electron chi connectivity index (χ0n) is 33.7. The van der Waals surface area contributed by atoms with E-state index in [4.69, 9.17) is 24.0 Å². The van der Waals surface area contributed by atoms with Gasteiger partial charge in [0, 0.05) is 6.42 Å². The van der Waals surface area contributed by atoms with Crippen LogP contribution in [0.2, 0.25) is 0 Å². The lowest BCUT2D eigenvalue weighted by Gasteiger charge is -2.19. The minimum atomic E-state index is -4.66. The molecule has 0 aliphatic carbocycles. The van der Waals surface area contributed by atoms with Crippen LogP contribution in [0.1, 0.15) is 191 Å². The molecule has 3 N–H and O–H groups in total. The first kappa shape index (κ1) is 49.6. The lowest BCUT2D eigenvalue weighted by atomic mass is 10.1. The van der Waals surface area contributed by atoms with Gasteiger partial charge in [-0.1, -0.05) is 167 Å². The Morgan fingerprint density at radius 3 is 1.54 bits per heavy atom. The Hall–Kier alpha value is -2.46. The van der Waals surface area contributed by atoms with Crippen molar-refractivity contribution >= 4 is 25.7 Å². The molecule has 0 aliphatic heterocycles. The molecule has 1 amide bonds. The molecule has 0 saturated heterocycles. The number of esters is 2. The number of hydrogen-bond donors (Lipinski definition) is 3. The van der Waals surface area contributed by atoms with E-state index in [-0.39, 0.29) is 37.4 Å². The van der Waals surface area contributed by atoms with Crippen molar-refractivity contribution in [1.29, 1.82) is 0 Å². The molecule has 1 rings (SSSR count). The van der Waals surface area contributed by atoms with E-state index in [1.165, 1.54) is 121 Å². The monoisotopic (exact) mass is 784 g/mol. The van der Waals surface area contributed by atoms with Crippen molar-refractivity contribution in [2.45, 2.75) is 187 Å². The summed E-state index contributed by atoms with van der Waals surface area (Å²) < 4.78 is 31.9. The molecule has 1 unspecified atom stereocenters. The number of hydrogen-bond acceptors (Lipinski definition) is 8. The predicted molar refractivity (Wildman–Crippen MR) is 214 cm³/mol. The molecule has 0 spiro atoms. The van der Waals surface area contributed by atoms with Gasteiger partial charge in [-0.15, -0.1) is 0 Å². The largest absolute Gasteiger partial charge is 0.490 e. The number of phosphoric ester groups is 1. The van der Waals surface area contributed by atoms with Crippen LogP contribution in [0.25, 0.3) is 0 Å². The summed E-state index contributed by atoms with van der Waals surface area (Å²) in [5.41, 5.74) is 0.113. The summed E-state index contributed by atoms with van der Waals surface area (Å²) in [4.78, 5) is 56.9. The summed E-state index contributed by atoms with van der Waals surface area (Å²) in [5.74, 6) is -1.51. The number of carbonyl (C=O) groups excluding carboxylic acids is 3. The Bertz CT molecular complexity index is 1140. The lowest BCUT2D eigenvalue weighted by Crippen LogP contribution is -2.42. The first-order chi connectivity index (χ1) is 26.2. The fourth-order valence-corrected chi connectivity index (χ4v) is 6.57. The Balaban J connectivity index is 2.53. The molecule has 0 bridgehead atoms. The maximum Gasteiger partial charge on any atom is 0.469 e. The Kier molecular flexibility index (Phi) is 31.1. The van der Waals surface area contributed by atoms with Gasteiger partial charge >= 0.3 is 19.8 Å². The number of ether oxygens (including phenoxy) is 3. The molecule has 1 atom stereocenters. The quantitative estimate of drug-likeness (QED) is 0.0337. The van der Waals surface area contributed by atoms with E-state index in [9.17, 15) is 18.9 Å². The summed E-state index contributed by atoms with van der Waals surface area (Å²) in [6.07, 6.45) is 28.8. The van der Waals surface area contributed by atoms with Gasteiger partial charge in [-0.2, -0.15) is 0 Å². The number of amides is 1. The molecule has 0 aromatic heterocycles. The molecule has 0 saturated carbocycles. The highest BCUT2D eigenvalue weighted by molar-refractivity contribution is 7.46. The zero-order valence-corrected chi connectivity index (χ0v) is 34.6. The van der Waals surface area contributed by atoms with E-state index in [2.05, 4.69) is 23.7 Å². The van der Waals surface area contributed by atoms with E-state index < -0.39 is 38.3 Å². The average Bonchev–Trinajstić information content (AvgIpc) is 3.15. The Morgan fingerprint density at radius 2 is 1.06 bits per heavy atom. The van der Waals surface area contributed by atoms with Crippen LogP contribution in [0.15, 0.2) is 24.3 Å². The minimum absolute atomic E-state index is 0.0133. The molecule has 0 heterocycles. The SMILES string of the molecule is CCCCCCCCCCCCCCOC(=O)CCC(NC(=O)c1ccccc1OCCOP(=O)(O)O)C(=O)OCCCCCCCCCCCCCC. The third kappa shape index (κ3) is 28.9. The fraction of sp³-hybridized carbons (Fsp3) is 0.786. The molecule has 54 heavy (non-hydrogen) atoms. The van der Waals surface area contributed by atoms with Gasteiger partial charge in [0.15, 0.2) is 0 Å². The van der Waals surface area contributed by atoms with Gasteiger partial charge in [-0.05, 0) is 31.4 Å². The van der Waals surface area contributed by atoms with Gasteiger partial charge in [0.05, 0.1) is 25.4 Å². The minimum Gasteiger partial charge on any atom is -0.490 e. The highest BCUT2D eigenvalue weighted by Gasteiger charge is 2.26. The molecule has 1 aromatic carbocycles. The first-order valence-electron chi connectivity index (χ1n) is 21.2. The second kappa shape index (κ2) is 33.8. The Labute approximate surface area is 326 Å². The highest BCUT2D eigenvalue weighted by atomic mass is 31.2. The van der Waals surface area contributed by atoms with Gasteiger partial charge in [0.25, 0.3) is 5.91 Å². The third-order valence-electron chi connectivity index (χ3n) is 9.46.